The van der Waals surface area contributed by atoms with Crippen LogP contribution in [-0.4, -0.2) is 46.9 Å². The van der Waals surface area contributed by atoms with Crippen LogP contribution in [0.1, 0.15) is 18.9 Å². The van der Waals surface area contributed by atoms with Crippen molar-refractivity contribution in [2.24, 2.45) is 5.10 Å². The van der Waals surface area contributed by atoms with E-state index in [9.17, 15) is 27.5 Å². The Bertz CT molecular complexity index is 622. The maximum Gasteiger partial charge on any atom is 0.287 e. The Hall–Kier alpha value is -2.16. The van der Waals surface area contributed by atoms with Gasteiger partial charge in [0.25, 0.3) is 18.8 Å². The number of benzene rings is 1. The number of ether oxygens (including phenoxy) is 1. The summed E-state index contributed by atoms with van der Waals surface area (Å²) in [5.74, 6) is -0.841. The minimum atomic E-state index is -3.45. The minimum Gasteiger partial charge on any atom is -0.484 e. The highest BCUT2D eigenvalue weighted by Crippen LogP contribution is 2.33. The quantitative estimate of drug-likeness (QED) is 0.803. The van der Waals surface area contributed by atoms with Gasteiger partial charge in [-0.3, -0.25) is 4.79 Å². The second kappa shape index (κ2) is 7.16. The maximum atomic E-state index is 13.0. The molecule has 0 aromatic heterocycles. The number of hydrogen-bond acceptors (Lipinski definition) is 4. The van der Waals surface area contributed by atoms with Crippen molar-refractivity contribution in [1.29, 1.82) is 0 Å². The standard InChI is InChI=1S/C15H16F4N2O3/c1-2-9-3-5-10(6-4-9)24-8-12(22)21-15(23,14(18)19)7-11(20-21)13(16)17/h3-6,13-14,23H,2,7-8H2,1H3/t15-/m0/s1. The molecule has 2 rings (SSSR count). The van der Waals surface area contributed by atoms with Crippen LogP contribution in [0.2, 0.25) is 0 Å². The van der Waals surface area contributed by atoms with Gasteiger partial charge < -0.3 is 9.84 Å². The number of carbonyl (C=O) groups excluding carboxylic acids is 1. The second-order valence-corrected chi connectivity index (χ2v) is 5.24. The van der Waals surface area contributed by atoms with E-state index < -0.39 is 43.2 Å². The van der Waals surface area contributed by atoms with Crippen molar-refractivity contribution < 1.29 is 32.2 Å². The third-order valence-corrected chi connectivity index (χ3v) is 3.57. The van der Waals surface area contributed by atoms with Crippen LogP contribution >= 0.6 is 0 Å². The summed E-state index contributed by atoms with van der Waals surface area (Å²) < 4.78 is 56.5. The molecule has 0 unspecified atom stereocenters. The monoisotopic (exact) mass is 348 g/mol. The van der Waals surface area contributed by atoms with Gasteiger partial charge in [-0.25, -0.2) is 17.6 Å². The molecule has 9 heteroatoms. The van der Waals surface area contributed by atoms with Crippen LogP contribution < -0.4 is 4.74 Å². The topological polar surface area (TPSA) is 62.1 Å². The number of halogens is 4. The number of nitrogens with zero attached hydrogens (tertiary/aromatic N) is 2. The lowest BCUT2D eigenvalue weighted by molar-refractivity contribution is -0.193. The molecule has 0 fully saturated rings. The normalized spacial score (nSPS) is 20.7. The molecule has 0 radical (unpaired) electrons. The van der Waals surface area contributed by atoms with Crippen molar-refractivity contribution >= 4 is 11.6 Å². The van der Waals surface area contributed by atoms with E-state index in [0.29, 0.717) is 5.75 Å². The smallest absolute Gasteiger partial charge is 0.287 e. The molecule has 0 saturated carbocycles. The first kappa shape index (κ1) is 18.2. The van der Waals surface area contributed by atoms with E-state index in [4.69, 9.17) is 4.74 Å². The number of carbonyl (C=O) groups is 1. The molecular formula is C15H16F4N2O3. The van der Waals surface area contributed by atoms with E-state index in [1.54, 1.807) is 24.3 Å². The average molecular weight is 348 g/mol. The summed E-state index contributed by atoms with van der Waals surface area (Å²) in [5.41, 5.74) is -3.02. The first-order chi connectivity index (χ1) is 11.3. The first-order valence-electron chi connectivity index (χ1n) is 7.18. The number of alkyl halides is 4. The fraction of sp³-hybridized carbons (Fsp3) is 0.467. The highest BCUT2D eigenvalue weighted by atomic mass is 19.3. The molecule has 1 aliphatic heterocycles. The summed E-state index contributed by atoms with van der Waals surface area (Å²) >= 11 is 0. The van der Waals surface area contributed by atoms with Gasteiger partial charge in [-0.15, -0.1) is 0 Å². The van der Waals surface area contributed by atoms with Crippen LogP contribution in [0.3, 0.4) is 0 Å². The van der Waals surface area contributed by atoms with Crippen LogP contribution in [0.4, 0.5) is 17.6 Å². The Balaban J connectivity index is 2.08. The summed E-state index contributed by atoms with van der Waals surface area (Å²) in [6.07, 6.45) is -6.90. The zero-order chi connectivity index (χ0) is 17.9. The lowest BCUT2D eigenvalue weighted by Crippen LogP contribution is -2.52. The average Bonchev–Trinajstić information content (AvgIpc) is 2.93. The van der Waals surface area contributed by atoms with Gasteiger partial charge in [0.05, 0.1) is 0 Å². The molecule has 5 nitrogen and oxygen atoms in total. The van der Waals surface area contributed by atoms with Gasteiger partial charge in [0.1, 0.15) is 11.5 Å². The predicted molar refractivity (Wildman–Crippen MR) is 77.2 cm³/mol. The lowest BCUT2D eigenvalue weighted by atomic mass is 10.1. The van der Waals surface area contributed by atoms with Crippen molar-refractivity contribution in [3.05, 3.63) is 29.8 Å². The van der Waals surface area contributed by atoms with E-state index in [2.05, 4.69) is 5.10 Å². The van der Waals surface area contributed by atoms with E-state index in [1.165, 1.54) is 0 Å². The van der Waals surface area contributed by atoms with Gasteiger partial charge in [0.15, 0.2) is 6.61 Å². The van der Waals surface area contributed by atoms with Crippen LogP contribution in [0.5, 0.6) is 5.75 Å². The summed E-state index contributed by atoms with van der Waals surface area (Å²) in [4.78, 5) is 12.0. The van der Waals surface area contributed by atoms with Crippen molar-refractivity contribution in [2.45, 2.75) is 38.3 Å². The molecule has 1 aromatic carbocycles. The van der Waals surface area contributed by atoms with Crippen LogP contribution in [0.25, 0.3) is 0 Å². The maximum absolute atomic E-state index is 13.0. The highest BCUT2D eigenvalue weighted by Gasteiger charge is 2.53. The molecule has 0 aliphatic carbocycles. The highest BCUT2D eigenvalue weighted by molar-refractivity contribution is 5.93. The molecular weight excluding hydrogens is 332 g/mol. The fourth-order valence-electron chi connectivity index (χ4n) is 2.18. The third-order valence-electron chi connectivity index (χ3n) is 3.57. The molecule has 24 heavy (non-hydrogen) atoms. The summed E-state index contributed by atoms with van der Waals surface area (Å²) in [6, 6.07) is 6.70. The van der Waals surface area contributed by atoms with Gasteiger partial charge in [0.2, 0.25) is 5.72 Å². The Morgan fingerprint density at radius 2 is 1.96 bits per heavy atom. The zero-order valence-corrected chi connectivity index (χ0v) is 12.8. The Kier molecular flexibility index (Phi) is 5.43. The molecule has 1 heterocycles. The van der Waals surface area contributed by atoms with Crippen molar-refractivity contribution in [1.82, 2.24) is 5.01 Å². The third kappa shape index (κ3) is 3.66. The Morgan fingerprint density at radius 3 is 2.46 bits per heavy atom. The van der Waals surface area contributed by atoms with Gasteiger partial charge in [-0.2, -0.15) is 10.1 Å². The fourth-order valence-corrected chi connectivity index (χ4v) is 2.18. The largest absolute Gasteiger partial charge is 0.484 e. The summed E-state index contributed by atoms with van der Waals surface area (Å²) in [6.45, 7) is 1.23. The van der Waals surface area contributed by atoms with Crippen molar-refractivity contribution in [2.75, 3.05) is 6.61 Å². The second-order valence-electron chi connectivity index (χ2n) is 5.24. The van der Waals surface area contributed by atoms with Crippen LogP contribution in [0.15, 0.2) is 29.4 Å². The van der Waals surface area contributed by atoms with Gasteiger partial charge in [-0.05, 0) is 24.1 Å². The Labute approximate surface area is 135 Å². The molecule has 0 saturated heterocycles. The van der Waals surface area contributed by atoms with Crippen molar-refractivity contribution in [3.8, 4) is 5.75 Å². The molecule has 1 amide bonds. The number of amides is 1. The predicted octanol–water partition coefficient (Wildman–Crippen LogP) is 2.43. The number of hydrazone groups is 1. The molecule has 1 atom stereocenters. The number of rotatable bonds is 6. The molecule has 0 bridgehead atoms. The van der Waals surface area contributed by atoms with Crippen LogP contribution in [-0.2, 0) is 11.2 Å². The first-order valence-corrected chi connectivity index (χ1v) is 7.18. The van der Waals surface area contributed by atoms with Gasteiger partial charge in [0, 0.05) is 6.42 Å². The molecule has 0 spiro atoms. The molecule has 132 valence electrons. The van der Waals surface area contributed by atoms with Crippen LogP contribution in [0, 0.1) is 0 Å². The van der Waals surface area contributed by atoms with E-state index >= 15 is 0 Å². The van der Waals surface area contributed by atoms with E-state index in [1.807, 2.05) is 6.92 Å². The van der Waals surface area contributed by atoms with Gasteiger partial charge in [-0.1, -0.05) is 19.1 Å². The molecule has 1 aromatic rings. The Morgan fingerprint density at radius 1 is 1.33 bits per heavy atom. The SMILES string of the molecule is CCc1ccc(OCC(=O)N2N=C(C(F)F)C[C@]2(O)C(F)F)cc1. The minimum absolute atomic E-state index is 0.0143. The van der Waals surface area contributed by atoms with Crippen molar-refractivity contribution in [3.63, 3.8) is 0 Å². The molecule has 1 N–H and O–H groups in total. The summed E-state index contributed by atoms with van der Waals surface area (Å²) in [7, 11) is 0. The molecule has 1 aliphatic rings. The zero-order valence-electron chi connectivity index (χ0n) is 12.8. The number of aliphatic hydroxyl groups is 1. The lowest BCUT2D eigenvalue weighted by Gasteiger charge is -2.29. The van der Waals surface area contributed by atoms with E-state index in [-0.39, 0.29) is 5.01 Å². The summed E-state index contributed by atoms with van der Waals surface area (Å²) in [5, 5.41) is 13.0. The van der Waals surface area contributed by atoms with Gasteiger partial charge >= 0.3 is 0 Å². The van der Waals surface area contributed by atoms with E-state index in [0.717, 1.165) is 12.0 Å². The number of aryl methyl sites for hydroxylation is 1. The number of hydrogen-bond donors (Lipinski definition) is 1.